The zero-order chi connectivity index (χ0) is 10.2. The van der Waals surface area contributed by atoms with E-state index in [0.29, 0.717) is 5.75 Å². The Balaban J connectivity index is 3.29. The first kappa shape index (κ1) is 10.1. The maximum Gasteiger partial charge on any atom is 0.121 e. The Kier molecular flexibility index (Phi) is 2.38. The molecule has 0 heterocycles. The van der Waals surface area contributed by atoms with Gasteiger partial charge in [-0.3, -0.25) is 0 Å². The molecule has 0 aliphatic rings. The van der Waals surface area contributed by atoms with Crippen LogP contribution in [0.3, 0.4) is 0 Å². The Labute approximate surface area is 80.4 Å². The molecule has 0 amide bonds. The summed E-state index contributed by atoms with van der Waals surface area (Å²) >= 11 is 0. The molecule has 1 aromatic rings. The molecule has 0 spiro atoms. The highest BCUT2D eigenvalue weighted by atomic mass is 16.3. The molecular formula is C12H18O. The Morgan fingerprint density at radius 2 is 1.38 bits per heavy atom. The molecule has 0 radical (unpaired) electrons. The molecule has 0 saturated carbocycles. The molecule has 72 valence electrons. The highest BCUT2D eigenvalue weighted by molar-refractivity contribution is 5.44. The predicted octanol–water partition coefficient (Wildman–Crippen LogP) is 3.31. The zero-order valence-corrected chi connectivity index (χ0v) is 9.10. The van der Waals surface area contributed by atoms with E-state index in [1.807, 2.05) is 13.8 Å². The highest BCUT2D eigenvalue weighted by Gasteiger charge is 2.15. The van der Waals surface area contributed by atoms with Crippen LogP contribution in [0.1, 0.15) is 37.5 Å². The average molecular weight is 178 g/mol. The monoisotopic (exact) mass is 178 g/mol. The van der Waals surface area contributed by atoms with Crippen molar-refractivity contribution in [1.29, 1.82) is 0 Å². The smallest absolute Gasteiger partial charge is 0.121 e. The van der Waals surface area contributed by atoms with Crippen molar-refractivity contribution in [2.75, 3.05) is 0 Å². The number of hydrogen-bond donors (Lipinski definition) is 1. The first-order valence-electron chi connectivity index (χ1n) is 4.63. The normalized spacial score (nSPS) is 11.8. The van der Waals surface area contributed by atoms with Gasteiger partial charge in [0.1, 0.15) is 5.75 Å². The van der Waals surface area contributed by atoms with Crippen molar-refractivity contribution in [2.24, 2.45) is 0 Å². The van der Waals surface area contributed by atoms with Gasteiger partial charge in [0.2, 0.25) is 0 Å². The van der Waals surface area contributed by atoms with E-state index in [2.05, 4.69) is 32.9 Å². The lowest BCUT2D eigenvalue weighted by Gasteiger charge is -2.20. The summed E-state index contributed by atoms with van der Waals surface area (Å²) in [6.45, 7) is 10.4. The maximum atomic E-state index is 9.60. The van der Waals surface area contributed by atoms with Gasteiger partial charge in [0, 0.05) is 0 Å². The average Bonchev–Trinajstić information content (AvgIpc) is 1.97. The van der Waals surface area contributed by atoms with Crippen LogP contribution in [-0.4, -0.2) is 5.11 Å². The minimum atomic E-state index is 0.156. The largest absolute Gasteiger partial charge is 0.507 e. The van der Waals surface area contributed by atoms with Gasteiger partial charge in [-0.15, -0.1) is 0 Å². The fourth-order valence-electron chi connectivity index (χ4n) is 1.39. The van der Waals surface area contributed by atoms with E-state index in [-0.39, 0.29) is 5.41 Å². The van der Waals surface area contributed by atoms with Gasteiger partial charge >= 0.3 is 0 Å². The Morgan fingerprint density at radius 3 is 1.69 bits per heavy atom. The van der Waals surface area contributed by atoms with E-state index >= 15 is 0 Å². The van der Waals surface area contributed by atoms with Crippen LogP contribution in [0.5, 0.6) is 5.75 Å². The standard InChI is InChI=1S/C12H18O/c1-8-6-10(12(3,4)5)7-9(2)11(8)13/h6-7,13H,1-5H3. The van der Waals surface area contributed by atoms with Crippen molar-refractivity contribution in [1.82, 2.24) is 0 Å². The number of phenolic OH excluding ortho intramolecular Hbond substituents is 1. The number of benzene rings is 1. The van der Waals surface area contributed by atoms with E-state index in [1.165, 1.54) is 5.56 Å². The topological polar surface area (TPSA) is 20.2 Å². The molecule has 1 aromatic carbocycles. The molecule has 0 fully saturated rings. The molecule has 13 heavy (non-hydrogen) atoms. The predicted molar refractivity (Wildman–Crippen MR) is 56.3 cm³/mol. The van der Waals surface area contributed by atoms with Gasteiger partial charge in [0.15, 0.2) is 0 Å². The third-order valence-corrected chi connectivity index (χ3v) is 2.36. The van der Waals surface area contributed by atoms with Crippen LogP contribution < -0.4 is 0 Å². The molecule has 0 unspecified atom stereocenters. The van der Waals surface area contributed by atoms with Gasteiger partial charge in [-0.25, -0.2) is 0 Å². The van der Waals surface area contributed by atoms with Crippen LogP contribution in [0.4, 0.5) is 0 Å². The summed E-state index contributed by atoms with van der Waals surface area (Å²) in [6.07, 6.45) is 0. The lowest BCUT2D eigenvalue weighted by molar-refractivity contribution is 0.465. The fourth-order valence-corrected chi connectivity index (χ4v) is 1.39. The van der Waals surface area contributed by atoms with E-state index < -0.39 is 0 Å². The third kappa shape index (κ3) is 2.03. The quantitative estimate of drug-likeness (QED) is 0.646. The molecule has 0 aliphatic heterocycles. The van der Waals surface area contributed by atoms with E-state index in [4.69, 9.17) is 0 Å². The van der Waals surface area contributed by atoms with E-state index in [0.717, 1.165) is 11.1 Å². The van der Waals surface area contributed by atoms with Crippen molar-refractivity contribution < 1.29 is 5.11 Å². The summed E-state index contributed by atoms with van der Waals surface area (Å²) in [6, 6.07) is 4.12. The van der Waals surface area contributed by atoms with Crippen LogP contribution in [0, 0.1) is 13.8 Å². The van der Waals surface area contributed by atoms with Crippen molar-refractivity contribution in [3.8, 4) is 5.75 Å². The molecule has 0 aromatic heterocycles. The summed E-state index contributed by atoms with van der Waals surface area (Å²) in [4.78, 5) is 0. The second-order valence-electron chi connectivity index (χ2n) is 4.71. The summed E-state index contributed by atoms with van der Waals surface area (Å²) in [7, 11) is 0. The Morgan fingerprint density at radius 1 is 1.00 bits per heavy atom. The second kappa shape index (κ2) is 3.06. The lowest BCUT2D eigenvalue weighted by atomic mass is 9.85. The summed E-state index contributed by atoms with van der Waals surface area (Å²) in [5.41, 5.74) is 3.36. The van der Waals surface area contributed by atoms with Crippen LogP contribution in [0.15, 0.2) is 12.1 Å². The third-order valence-electron chi connectivity index (χ3n) is 2.36. The van der Waals surface area contributed by atoms with E-state index in [1.54, 1.807) is 0 Å². The van der Waals surface area contributed by atoms with Crippen LogP contribution >= 0.6 is 0 Å². The minimum absolute atomic E-state index is 0.156. The summed E-state index contributed by atoms with van der Waals surface area (Å²) in [5, 5.41) is 9.60. The molecule has 1 N–H and O–H groups in total. The van der Waals surface area contributed by atoms with Crippen molar-refractivity contribution >= 4 is 0 Å². The maximum absolute atomic E-state index is 9.60. The minimum Gasteiger partial charge on any atom is -0.507 e. The van der Waals surface area contributed by atoms with Gasteiger partial charge in [0.25, 0.3) is 0 Å². The molecule has 1 rings (SSSR count). The van der Waals surface area contributed by atoms with Crippen LogP contribution in [0.25, 0.3) is 0 Å². The van der Waals surface area contributed by atoms with Crippen LogP contribution in [0.2, 0.25) is 0 Å². The Hall–Kier alpha value is -0.980. The Bertz CT molecular complexity index is 295. The highest BCUT2D eigenvalue weighted by Crippen LogP contribution is 2.29. The molecule has 1 nitrogen and oxygen atoms in total. The van der Waals surface area contributed by atoms with Crippen molar-refractivity contribution in [2.45, 2.75) is 40.0 Å². The van der Waals surface area contributed by atoms with Gasteiger partial charge in [0.05, 0.1) is 0 Å². The lowest BCUT2D eigenvalue weighted by Crippen LogP contribution is -2.11. The zero-order valence-electron chi connectivity index (χ0n) is 9.10. The summed E-state index contributed by atoms with van der Waals surface area (Å²) < 4.78 is 0. The number of hydrogen-bond acceptors (Lipinski definition) is 1. The number of aryl methyl sites for hydroxylation is 2. The first-order chi connectivity index (χ1) is 5.82. The fraction of sp³-hybridized carbons (Fsp3) is 0.500. The molecule has 0 bridgehead atoms. The molecule has 0 aliphatic carbocycles. The van der Waals surface area contributed by atoms with Crippen molar-refractivity contribution in [3.05, 3.63) is 28.8 Å². The van der Waals surface area contributed by atoms with Gasteiger partial charge in [-0.2, -0.15) is 0 Å². The summed E-state index contributed by atoms with van der Waals surface area (Å²) in [5.74, 6) is 0.424. The first-order valence-corrected chi connectivity index (χ1v) is 4.63. The molecule has 0 saturated heterocycles. The van der Waals surface area contributed by atoms with Gasteiger partial charge in [-0.05, 0) is 36.0 Å². The number of aromatic hydroxyl groups is 1. The van der Waals surface area contributed by atoms with Gasteiger partial charge < -0.3 is 5.11 Å². The molecule has 1 heteroatoms. The number of phenols is 1. The van der Waals surface area contributed by atoms with Crippen molar-refractivity contribution in [3.63, 3.8) is 0 Å². The number of rotatable bonds is 0. The molecular weight excluding hydrogens is 160 g/mol. The van der Waals surface area contributed by atoms with E-state index in [9.17, 15) is 5.11 Å². The van der Waals surface area contributed by atoms with Crippen LogP contribution in [-0.2, 0) is 5.41 Å². The SMILES string of the molecule is Cc1cc(C(C)(C)C)cc(C)c1O. The second-order valence-corrected chi connectivity index (χ2v) is 4.71. The van der Waals surface area contributed by atoms with Gasteiger partial charge in [-0.1, -0.05) is 32.9 Å². The molecule has 0 atom stereocenters.